The maximum absolute atomic E-state index is 11.4. The van der Waals surface area contributed by atoms with Crippen LogP contribution in [-0.4, -0.2) is 42.7 Å². The molecule has 7 heteroatoms. The normalized spacial score (nSPS) is 11.9. The van der Waals surface area contributed by atoms with Crippen molar-refractivity contribution >= 4 is 11.4 Å². The lowest BCUT2D eigenvalue weighted by atomic mass is 10.1. The molecule has 128 valence electrons. The Kier molecular flexibility index (Phi) is 5.70. The van der Waals surface area contributed by atoms with Gasteiger partial charge in [0, 0.05) is 31.9 Å². The van der Waals surface area contributed by atoms with E-state index in [4.69, 9.17) is 0 Å². The Morgan fingerprint density at radius 1 is 1.29 bits per heavy atom. The lowest BCUT2D eigenvalue weighted by molar-refractivity contribution is 0.401. The number of aliphatic hydroxyl groups excluding tert-OH is 1. The van der Waals surface area contributed by atoms with Crippen LogP contribution >= 0.6 is 0 Å². The van der Waals surface area contributed by atoms with Crippen molar-refractivity contribution in [3.8, 4) is 0 Å². The standard InChI is InChI=1S/C17H22N4O3/c1-18-14-15(17(24)16(14)23)20-9-13(22)5-4-12-8-11(6-7-19-12)10-21(2)3/h5-8,18,20,22H,4,9-10H2,1-3H3/b13-5-. The summed E-state index contributed by atoms with van der Waals surface area (Å²) in [4.78, 5) is 29.0. The van der Waals surface area contributed by atoms with Gasteiger partial charge in [0.05, 0.1) is 6.54 Å². The van der Waals surface area contributed by atoms with Gasteiger partial charge in [0.15, 0.2) is 0 Å². The average molecular weight is 330 g/mol. The van der Waals surface area contributed by atoms with Crippen LogP contribution in [0.15, 0.2) is 39.8 Å². The molecular weight excluding hydrogens is 308 g/mol. The monoisotopic (exact) mass is 330 g/mol. The lowest BCUT2D eigenvalue weighted by Gasteiger charge is -2.12. The molecule has 0 bridgehead atoms. The molecule has 0 aliphatic rings. The van der Waals surface area contributed by atoms with Crippen LogP contribution in [0.4, 0.5) is 11.4 Å². The SMILES string of the molecule is CNc1c(NC/C(O)=C/Cc2cc(CN(C)C)ccn2)c(=O)c1=O. The molecule has 0 amide bonds. The van der Waals surface area contributed by atoms with Crippen LogP contribution in [-0.2, 0) is 13.0 Å². The second-order valence-corrected chi connectivity index (χ2v) is 5.80. The summed E-state index contributed by atoms with van der Waals surface area (Å²) < 4.78 is 0. The third kappa shape index (κ3) is 4.20. The van der Waals surface area contributed by atoms with Gasteiger partial charge in [0.2, 0.25) is 0 Å². The first-order chi connectivity index (χ1) is 11.4. The Morgan fingerprint density at radius 3 is 2.67 bits per heavy atom. The second-order valence-electron chi connectivity index (χ2n) is 5.80. The van der Waals surface area contributed by atoms with Crippen molar-refractivity contribution in [2.24, 2.45) is 0 Å². The molecule has 1 aromatic carbocycles. The second kappa shape index (κ2) is 7.74. The molecule has 1 aromatic heterocycles. The maximum atomic E-state index is 11.4. The van der Waals surface area contributed by atoms with Crippen LogP contribution in [0, 0.1) is 0 Å². The number of rotatable bonds is 8. The Bertz CT molecular complexity index is 804. The predicted octanol–water partition coefficient (Wildman–Crippen LogP) is 0.877. The van der Waals surface area contributed by atoms with E-state index in [0.29, 0.717) is 6.42 Å². The van der Waals surface area contributed by atoms with E-state index in [1.165, 1.54) is 0 Å². The van der Waals surface area contributed by atoms with Crippen molar-refractivity contribution in [1.82, 2.24) is 9.88 Å². The van der Waals surface area contributed by atoms with E-state index in [9.17, 15) is 14.7 Å². The molecule has 0 atom stereocenters. The zero-order valence-corrected chi connectivity index (χ0v) is 14.1. The summed E-state index contributed by atoms with van der Waals surface area (Å²) in [5, 5.41) is 15.4. The number of nitrogens with one attached hydrogen (secondary N) is 2. The van der Waals surface area contributed by atoms with Gasteiger partial charge in [0.1, 0.15) is 17.1 Å². The van der Waals surface area contributed by atoms with E-state index in [-0.39, 0.29) is 23.7 Å². The Hall–Kier alpha value is -2.67. The van der Waals surface area contributed by atoms with Gasteiger partial charge < -0.3 is 20.6 Å². The van der Waals surface area contributed by atoms with E-state index < -0.39 is 10.9 Å². The van der Waals surface area contributed by atoms with Crippen molar-refractivity contribution in [2.45, 2.75) is 13.0 Å². The number of pyridine rings is 1. The van der Waals surface area contributed by atoms with Crippen molar-refractivity contribution in [3.05, 3.63) is 61.9 Å². The third-order valence-corrected chi connectivity index (χ3v) is 3.53. The highest BCUT2D eigenvalue weighted by Gasteiger charge is 2.19. The molecule has 3 N–H and O–H groups in total. The van der Waals surface area contributed by atoms with Crippen molar-refractivity contribution in [1.29, 1.82) is 0 Å². The number of hydrogen-bond donors (Lipinski definition) is 3. The fourth-order valence-electron chi connectivity index (χ4n) is 2.38. The first-order valence-corrected chi connectivity index (χ1v) is 7.63. The number of allylic oxidation sites excluding steroid dienone is 1. The Balaban J connectivity index is 1.93. The molecule has 0 unspecified atom stereocenters. The molecule has 0 aliphatic carbocycles. The number of nitrogens with zero attached hydrogens (tertiary/aromatic N) is 2. The first kappa shape index (κ1) is 17.7. The highest BCUT2D eigenvalue weighted by atomic mass is 16.3. The molecule has 1 heterocycles. The Labute approximate surface area is 140 Å². The fraction of sp³-hybridized carbons (Fsp3) is 0.353. The minimum Gasteiger partial charge on any atom is -0.511 e. The smallest absolute Gasteiger partial charge is 0.253 e. The average Bonchev–Trinajstić information content (AvgIpc) is 2.55. The number of aliphatic hydroxyl groups is 1. The first-order valence-electron chi connectivity index (χ1n) is 7.63. The van der Waals surface area contributed by atoms with Crippen LogP contribution in [0.5, 0.6) is 0 Å². The fourth-order valence-corrected chi connectivity index (χ4v) is 2.38. The van der Waals surface area contributed by atoms with Gasteiger partial charge in [0.25, 0.3) is 10.9 Å². The number of hydrogen-bond acceptors (Lipinski definition) is 7. The van der Waals surface area contributed by atoms with Gasteiger partial charge in [-0.2, -0.15) is 0 Å². The molecule has 2 aromatic rings. The Morgan fingerprint density at radius 2 is 2.00 bits per heavy atom. The van der Waals surface area contributed by atoms with Crippen LogP contribution < -0.4 is 21.5 Å². The van der Waals surface area contributed by atoms with Gasteiger partial charge in [-0.15, -0.1) is 0 Å². The zero-order chi connectivity index (χ0) is 17.7. The maximum Gasteiger partial charge on any atom is 0.253 e. The predicted molar refractivity (Wildman–Crippen MR) is 95.4 cm³/mol. The van der Waals surface area contributed by atoms with Crippen molar-refractivity contribution in [2.75, 3.05) is 38.3 Å². The van der Waals surface area contributed by atoms with Crippen molar-refractivity contribution in [3.63, 3.8) is 0 Å². The van der Waals surface area contributed by atoms with E-state index in [1.807, 2.05) is 26.2 Å². The summed E-state index contributed by atoms with van der Waals surface area (Å²) in [6, 6.07) is 3.95. The summed E-state index contributed by atoms with van der Waals surface area (Å²) in [7, 11) is 5.57. The molecule has 0 saturated heterocycles. The van der Waals surface area contributed by atoms with Crippen LogP contribution in [0.3, 0.4) is 0 Å². The minimum atomic E-state index is -0.565. The van der Waals surface area contributed by atoms with E-state index in [0.717, 1.165) is 17.8 Å². The summed E-state index contributed by atoms with van der Waals surface area (Å²) >= 11 is 0. The molecule has 2 rings (SSSR count). The van der Waals surface area contributed by atoms with Crippen LogP contribution in [0.2, 0.25) is 0 Å². The van der Waals surface area contributed by atoms with Gasteiger partial charge in [-0.1, -0.05) is 0 Å². The van der Waals surface area contributed by atoms with Gasteiger partial charge in [-0.05, 0) is 37.9 Å². The molecule has 0 spiro atoms. The molecular formula is C17H22N4O3. The molecule has 0 aliphatic heterocycles. The number of aromatic nitrogens is 1. The van der Waals surface area contributed by atoms with Gasteiger partial charge >= 0.3 is 0 Å². The topological polar surface area (TPSA) is 94.6 Å². The zero-order valence-electron chi connectivity index (χ0n) is 14.1. The summed E-state index contributed by atoms with van der Waals surface area (Å²) in [6.45, 7) is 0.904. The number of anilines is 2. The van der Waals surface area contributed by atoms with Gasteiger partial charge in [-0.3, -0.25) is 14.6 Å². The molecule has 0 radical (unpaired) electrons. The molecule has 24 heavy (non-hydrogen) atoms. The summed E-state index contributed by atoms with van der Waals surface area (Å²) in [5.41, 5.74) is 1.37. The molecule has 0 saturated carbocycles. The molecule has 0 fully saturated rings. The van der Waals surface area contributed by atoms with E-state index in [1.54, 1.807) is 19.3 Å². The highest BCUT2D eigenvalue weighted by Crippen LogP contribution is 2.13. The van der Waals surface area contributed by atoms with Crippen LogP contribution in [0.25, 0.3) is 0 Å². The quantitative estimate of drug-likeness (QED) is 0.488. The van der Waals surface area contributed by atoms with Crippen molar-refractivity contribution < 1.29 is 5.11 Å². The van der Waals surface area contributed by atoms with E-state index >= 15 is 0 Å². The third-order valence-electron chi connectivity index (χ3n) is 3.53. The van der Waals surface area contributed by atoms with Gasteiger partial charge in [-0.25, -0.2) is 0 Å². The lowest BCUT2D eigenvalue weighted by Crippen LogP contribution is -2.37. The minimum absolute atomic E-state index is 0.0803. The highest BCUT2D eigenvalue weighted by molar-refractivity contribution is 5.73. The molecule has 7 nitrogen and oxygen atoms in total. The van der Waals surface area contributed by atoms with Crippen LogP contribution in [0.1, 0.15) is 11.3 Å². The summed E-state index contributed by atoms with van der Waals surface area (Å²) in [6.07, 6.45) is 3.87. The van der Waals surface area contributed by atoms with E-state index in [2.05, 4.69) is 20.5 Å². The largest absolute Gasteiger partial charge is 0.511 e. The summed E-state index contributed by atoms with van der Waals surface area (Å²) in [5.74, 6) is 0.0879.